The van der Waals surface area contributed by atoms with Crippen molar-refractivity contribution in [1.82, 2.24) is 9.80 Å². The van der Waals surface area contributed by atoms with Crippen LogP contribution >= 0.6 is 0 Å². The SMILES string of the molecule is CN1C(=O)[C@]2(CCCN(C(=O)CC[C@@H](N)C(=O)O)C2)C[C@@H](O)[C@@H]1c1ccccc1. The molecule has 2 saturated heterocycles. The summed E-state index contributed by atoms with van der Waals surface area (Å²) in [6.45, 7) is 0.772. The lowest BCUT2D eigenvalue weighted by Gasteiger charge is -2.51. The molecule has 8 nitrogen and oxygen atoms in total. The van der Waals surface area contributed by atoms with Crippen LogP contribution in [0.15, 0.2) is 30.3 Å². The van der Waals surface area contributed by atoms with Gasteiger partial charge in [0.15, 0.2) is 0 Å². The van der Waals surface area contributed by atoms with Crippen LogP contribution in [0.25, 0.3) is 0 Å². The van der Waals surface area contributed by atoms with Crippen LogP contribution in [0.3, 0.4) is 0 Å². The Morgan fingerprint density at radius 1 is 1.31 bits per heavy atom. The van der Waals surface area contributed by atoms with Crippen LogP contribution in [0, 0.1) is 5.41 Å². The average Bonchev–Trinajstić information content (AvgIpc) is 2.71. The average molecular weight is 403 g/mol. The molecule has 0 aliphatic carbocycles. The first kappa shape index (κ1) is 21.3. The van der Waals surface area contributed by atoms with Gasteiger partial charge in [-0.05, 0) is 31.2 Å². The lowest BCUT2D eigenvalue weighted by molar-refractivity contribution is -0.164. The first-order valence-corrected chi connectivity index (χ1v) is 10.0. The summed E-state index contributed by atoms with van der Waals surface area (Å²) >= 11 is 0. The lowest BCUT2D eigenvalue weighted by atomic mass is 9.69. The van der Waals surface area contributed by atoms with Crippen molar-refractivity contribution in [2.75, 3.05) is 20.1 Å². The molecule has 158 valence electrons. The Bertz CT molecular complexity index is 771. The zero-order valence-electron chi connectivity index (χ0n) is 16.7. The fourth-order valence-electron chi connectivity index (χ4n) is 4.70. The Hall–Kier alpha value is -2.45. The normalized spacial score (nSPS) is 28.4. The molecule has 0 aromatic heterocycles. The van der Waals surface area contributed by atoms with E-state index in [1.54, 1.807) is 16.8 Å². The first-order valence-electron chi connectivity index (χ1n) is 10.0. The van der Waals surface area contributed by atoms with Gasteiger partial charge in [-0.3, -0.25) is 14.4 Å². The van der Waals surface area contributed by atoms with Crippen LogP contribution in [-0.4, -0.2) is 70.1 Å². The number of amides is 2. The summed E-state index contributed by atoms with van der Waals surface area (Å²) in [5.74, 6) is -1.39. The monoisotopic (exact) mass is 403 g/mol. The Morgan fingerprint density at radius 3 is 2.66 bits per heavy atom. The molecule has 29 heavy (non-hydrogen) atoms. The van der Waals surface area contributed by atoms with E-state index in [4.69, 9.17) is 10.8 Å². The number of carbonyl (C=O) groups is 3. The molecule has 2 fully saturated rings. The van der Waals surface area contributed by atoms with E-state index < -0.39 is 29.6 Å². The molecule has 1 aromatic rings. The number of carboxylic acids is 1. The van der Waals surface area contributed by atoms with Gasteiger partial charge >= 0.3 is 5.97 Å². The minimum Gasteiger partial charge on any atom is -0.480 e. The molecule has 2 heterocycles. The summed E-state index contributed by atoms with van der Waals surface area (Å²) in [7, 11) is 1.71. The van der Waals surface area contributed by atoms with Crippen LogP contribution in [-0.2, 0) is 14.4 Å². The number of hydrogen-bond acceptors (Lipinski definition) is 5. The van der Waals surface area contributed by atoms with E-state index >= 15 is 0 Å². The second-order valence-electron chi connectivity index (χ2n) is 8.23. The highest BCUT2D eigenvalue weighted by atomic mass is 16.4. The molecule has 0 saturated carbocycles. The molecule has 3 rings (SSSR count). The van der Waals surface area contributed by atoms with E-state index in [0.29, 0.717) is 25.8 Å². The van der Waals surface area contributed by atoms with Gasteiger partial charge in [0.05, 0.1) is 17.6 Å². The number of carbonyl (C=O) groups excluding carboxylic acids is 2. The molecule has 2 aliphatic heterocycles. The van der Waals surface area contributed by atoms with Gasteiger partial charge in [-0.15, -0.1) is 0 Å². The van der Waals surface area contributed by atoms with Gasteiger partial charge in [0.25, 0.3) is 0 Å². The quantitative estimate of drug-likeness (QED) is 0.666. The molecule has 4 atom stereocenters. The van der Waals surface area contributed by atoms with Crippen molar-refractivity contribution in [1.29, 1.82) is 0 Å². The van der Waals surface area contributed by atoms with Crippen molar-refractivity contribution in [3.8, 4) is 0 Å². The smallest absolute Gasteiger partial charge is 0.320 e. The van der Waals surface area contributed by atoms with E-state index in [9.17, 15) is 19.5 Å². The van der Waals surface area contributed by atoms with Crippen LogP contribution in [0.2, 0.25) is 0 Å². The van der Waals surface area contributed by atoms with Gasteiger partial charge in [-0.1, -0.05) is 30.3 Å². The predicted molar refractivity (Wildman–Crippen MR) is 106 cm³/mol. The van der Waals surface area contributed by atoms with Crippen LogP contribution in [0.5, 0.6) is 0 Å². The number of aliphatic carboxylic acids is 1. The minimum atomic E-state index is -1.13. The summed E-state index contributed by atoms with van der Waals surface area (Å²) in [4.78, 5) is 40.0. The highest BCUT2D eigenvalue weighted by Crippen LogP contribution is 2.45. The molecule has 2 amide bonds. The number of hydrogen-bond donors (Lipinski definition) is 3. The maximum atomic E-state index is 13.3. The van der Waals surface area contributed by atoms with Gasteiger partial charge in [-0.2, -0.15) is 0 Å². The summed E-state index contributed by atoms with van der Waals surface area (Å²) in [6, 6.07) is 7.97. The van der Waals surface area contributed by atoms with Gasteiger partial charge in [-0.25, -0.2) is 0 Å². The highest BCUT2D eigenvalue weighted by molar-refractivity contribution is 5.86. The van der Waals surface area contributed by atoms with Crippen LogP contribution in [0.4, 0.5) is 0 Å². The maximum Gasteiger partial charge on any atom is 0.320 e. The van der Waals surface area contributed by atoms with Crippen LogP contribution in [0.1, 0.15) is 43.7 Å². The largest absolute Gasteiger partial charge is 0.480 e. The fourth-order valence-corrected chi connectivity index (χ4v) is 4.70. The number of aliphatic hydroxyl groups excluding tert-OH is 1. The van der Waals surface area contributed by atoms with E-state index in [1.807, 2.05) is 30.3 Å². The van der Waals surface area contributed by atoms with E-state index in [1.165, 1.54) is 0 Å². The molecule has 0 bridgehead atoms. The molecular formula is C21H29N3O5. The topological polar surface area (TPSA) is 124 Å². The molecule has 0 unspecified atom stereocenters. The molecular weight excluding hydrogens is 374 g/mol. The number of carboxylic acid groups (broad SMARTS) is 1. The molecule has 1 aromatic carbocycles. The van der Waals surface area contributed by atoms with E-state index in [0.717, 1.165) is 5.56 Å². The zero-order valence-corrected chi connectivity index (χ0v) is 16.7. The van der Waals surface area contributed by atoms with Crippen molar-refractivity contribution in [2.24, 2.45) is 11.1 Å². The third kappa shape index (κ3) is 4.28. The second kappa shape index (κ2) is 8.51. The summed E-state index contributed by atoms with van der Waals surface area (Å²) in [6.07, 6.45) is 0.948. The number of nitrogens with two attached hydrogens (primary N) is 1. The maximum absolute atomic E-state index is 13.3. The van der Waals surface area contributed by atoms with Crippen LogP contribution < -0.4 is 5.73 Å². The number of benzene rings is 1. The van der Waals surface area contributed by atoms with Gasteiger partial charge in [0.1, 0.15) is 6.04 Å². The van der Waals surface area contributed by atoms with Crippen molar-refractivity contribution in [3.05, 3.63) is 35.9 Å². The molecule has 4 N–H and O–H groups in total. The first-order chi connectivity index (χ1) is 13.7. The fraction of sp³-hybridized carbons (Fsp3) is 0.571. The van der Waals surface area contributed by atoms with Crippen molar-refractivity contribution in [2.45, 2.75) is 50.3 Å². The molecule has 2 aliphatic rings. The zero-order chi connectivity index (χ0) is 21.2. The molecule has 1 spiro atoms. The van der Waals surface area contributed by atoms with Gasteiger partial charge in [0.2, 0.25) is 11.8 Å². The number of rotatable bonds is 5. The molecule has 8 heteroatoms. The summed E-state index contributed by atoms with van der Waals surface area (Å²) in [5, 5.41) is 19.8. The van der Waals surface area contributed by atoms with E-state index in [-0.39, 0.29) is 31.2 Å². The Balaban J connectivity index is 1.72. The highest BCUT2D eigenvalue weighted by Gasteiger charge is 2.52. The summed E-state index contributed by atoms with van der Waals surface area (Å²) < 4.78 is 0. The van der Waals surface area contributed by atoms with Crippen molar-refractivity contribution < 1.29 is 24.6 Å². The lowest BCUT2D eigenvalue weighted by Crippen LogP contribution is -2.60. The summed E-state index contributed by atoms with van der Waals surface area (Å²) in [5.41, 5.74) is 5.58. The Labute approximate surface area is 170 Å². The van der Waals surface area contributed by atoms with Crippen molar-refractivity contribution >= 4 is 17.8 Å². The molecule has 0 radical (unpaired) electrons. The Morgan fingerprint density at radius 2 is 2.00 bits per heavy atom. The number of likely N-dealkylation sites (N-methyl/N-ethyl adjacent to an activating group) is 1. The van der Waals surface area contributed by atoms with Crippen molar-refractivity contribution in [3.63, 3.8) is 0 Å². The van der Waals surface area contributed by atoms with E-state index in [2.05, 4.69) is 0 Å². The predicted octanol–water partition coefficient (Wildman–Crippen LogP) is 0.752. The minimum absolute atomic E-state index is 0.0305. The number of piperidine rings is 2. The third-order valence-electron chi connectivity index (χ3n) is 6.21. The number of nitrogens with zero attached hydrogens (tertiary/aromatic N) is 2. The standard InChI is InChI=1S/C21H29N3O5/c1-23-18(14-6-3-2-4-7-14)16(25)12-21(20(23)29)10-5-11-24(13-21)17(26)9-8-15(22)19(27)28/h2-4,6-7,15-16,18,25H,5,8-13,22H2,1H3,(H,27,28)/t15-,16-,18+,21-/m1/s1. The third-order valence-corrected chi connectivity index (χ3v) is 6.21. The second-order valence-corrected chi connectivity index (χ2v) is 8.23. The number of likely N-dealkylation sites (tertiary alicyclic amines) is 2. The van der Waals surface area contributed by atoms with Gasteiger partial charge < -0.3 is 25.7 Å². The Kier molecular flexibility index (Phi) is 6.24. The van der Waals surface area contributed by atoms with Gasteiger partial charge in [0, 0.05) is 26.6 Å². The number of aliphatic hydroxyl groups is 1.